The molecule has 1 aliphatic heterocycles. The van der Waals surface area contributed by atoms with Gasteiger partial charge < -0.3 is 14.6 Å². The number of amides is 2. The summed E-state index contributed by atoms with van der Waals surface area (Å²) >= 11 is 6.97. The van der Waals surface area contributed by atoms with Crippen molar-refractivity contribution in [2.45, 2.75) is 12.8 Å². The third-order valence-electron chi connectivity index (χ3n) is 4.16. The fourth-order valence-corrected chi connectivity index (χ4v) is 3.90. The first-order chi connectivity index (χ1) is 13.9. The van der Waals surface area contributed by atoms with Crippen LogP contribution in [-0.2, 0) is 16.0 Å². The van der Waals surface area contributed by atoms with Crippen LogP contribution in [0.2, 0.25) is 5.02 Å². The highest BCUT2D eigenvalue weighted by Gasteiger charge is 2.34. The molecule has 0 aliphatic carbocycles. The quantitative estimate of drug-likeness (QED) is 0.598. The third kappa shape index (κ3) is 5.62. The first-order valence-corrected chi connectivity index (χ1v) is 10.0. The van der Waals surface area contributed by atoms with Gasteiger partial charge in [0.15, 0.2) is 0 Å². The summed E-state index contributed by atoms with van der Waals surface area (Å²) in [5, 5.41) is 10.4. The number of imide groups is 1. The number of hydrogen-bond donors (Lipinski definition) is 0. The van der Waals surface area contributed by atoms with E-state index in [2.05, 4.69) is 0 Å². The first kappa shape index (κ1) is 21.0. The lowest BCUT2D eigenvalue weighted by molar-refractivity contribution is -0.307. The Morgan fingerprint density at radius 2 is 1.93 bits per heavy atom. The molecule has 6 nitrogen and oxygen atoms in total. The molecule has 0 spiro atoms. The molecular formula is C21H17ClNO5S-. The number of carboxylic acids is 1. The molecule has 150 valence electrons. The van der Waals surface area contributed by atoms with Crippen LogP contribution in [0.5, 0.6) is 5.75 Å². The number of carbonyl (C=O) groups excluding carboxylic acids is 3. The number of carbonyl (C=O) groups is 3. The monoisotopic (exact) mass is 430 g/mol. The Morgan fingerprint density at radius 3 is 2.62 bits per heavy atom. The maximum Gasteiger partial charge on any atom is 0.293 e. The molecule has 1 saturated heterocycles. The lowest BCUT2D eigenvalue weighted by atomic mass is 10.1. The van der Waals surface area contributed by atoms with Crippen molar-refractivity contribution in [3.8, 4) is 5.75 Å². The molecule has 3 rings (SSSR count). The minimum absolute atomic E-state index is 0.196. The zero-order chi connectivity index (χ0) is 20.8. The number of nitrogens with zero attached hydrogens (tertiary/aromatic N) is 1. The molecule has 0 unspecified atom stereocenters. The Morgan fingerprint density at radius 1 is 1.17 bits per heavy atom. The molecule has 2 amide bonds. The fraction of sp³-hybridized carbons (Fsp3) is 0.190. The second-order valence-corrected chi connectivity index (χ2v) is 7.67. The van der Waals surface area contributed by atoms with Crippen molar-refractivity contribution in [2.75, 3.05) is 13.2 Å². The molecule has 1 heterocycles. The maximum absolute atomic E-state index is 12.6. The fourth-order valence-electron chi connectivity index (χ4n) is 2.79. The number of aliphatic carboxylic acids is 1. The van der Waals surface area contributed by atoms with E-state index in [4.69, 9.17) is 16.3 Å². The summed E-state index contributed by atoms with van der Waals surface area (Å²) in [4.78, 5) is 36.8. The molecular weight excluding hydrogens is 414 g/mol. The molecule has 8 heteroatoms. The molecule has 0 atom stereocenters. The predicted octanol–water partition coefficient (Wildman–Crippen LogP) is 3.14. The first-order valence-electron chi connectivity index (χ1n) is 8.85. The van der Waals surface area contributed by atoms with Crippen molar-refractivity contribution in [2.24, 2.45) is 0 Å². The van der Waals surface area contributed by atoms with Crippen LogP contribution >= 0.6 is 23.4 Å². The molecule has 2 aromatic carbocycles. The molecule has 0 saturated carbocycles. The van der Waals surface area contributed by atoms with Crippen molar-refractivity contribution < 1.29 is 24.2 Å². The summed E-state index contributed by atoms with van der Waals surface area (Å²) < 4.78 is 5.01. The largest absolute Gasteiger partial charge is 0.546 e. The maximum atomic E-state index is 12.6. The zero-order valence-corrected chi connectivity index (χ0v) is 16.9. The number of ether oxygens (including phenoxy) is 1. The van der Waals surface area contributed by atoms with E-state index in [1.54, 1.807) is 12.1 Å². The molecule has 1 fully saturated rings. The minimum Gasteiger partial charge on any atom is -0.546 e. The van der Waals surface area contributed by atoms with Gasteiger partial charge in [0.2, 0.25) is 0 Å². The van der Waals surface area contributed by atoms with Crippen LogP contribution in [0.25, 0.3) is 6.08 Å². The van der Waals surface area contributed by atoms with Gasteiger partial charge in [0.25, 0.3) is 11.1 Å². The molecule has 0 aromatic heterocycles. The minimum atomic E-state index is -1.36. The van der Waals surface area contributed by atoms with Gasteiger partial charge in [0, 0.05) is 6.54 Å². The number of hydrogen-bond acceptors (Lipinski definition) is 6. The average Bonchev–Trinajstić information content (AvgIpc) is 2.95. The van der Waals surface area contributed by atoms with Crippen molar-refractivity contribution in [1.82, 2.24) is 4.90 Å². The van der Waals surface area contributed by atoms with Gasteiger partial charge in [0.1, 0.15) is 12.4 Å². The van der Waals surface area contributed by atoms with E-state index in [0.29, 0.717) is 23.4 Å². The number of benzene rings is 2. The summed E-state index contributed by atoms with van der Waals surface area (Å²) in [6.45, 7) is -0.255. The van der Waals surface area contributed by atoms with E-state index in [0.717, 1.165) is 23.7 Å². The highest BCUT2D eigenvalue weighted by molar-refractivity contribution is 8.18. The molecule has 0 radical (unpaired) electrons. The number of rotatable bonds is 8. The lowest BCUT2D eigenvalue weighted by Crippen LogP contribution is -2.29. The molecule has 1 aliphatic rings. The van der Waals surface area contributed by atoms with Gasteiger partial charge in [-0.25, -0.2) is 0 Å². The Balaban J connectivity index is 1.63. The number of thioether (sulfide) groups is 1. The van der Waals surface area contributed by atoms with E-state index in [-0.39, 0.29) is 21.9 Å². The average molecular weight is 431 g/mol. The summed E-state index contributed by atoms with van der Waals surface area (Å²) in [6, 6.07) is 14.5. The Hall–Kier alpha value is -2.77. The van der Waals surface area contributed by atoms with E-state index in [1.165, 1.54) is 17.0 Å². The van der Waals surface area contributed by atoms with Crippen molar-refractivity contribution >= 4 is 46.6 Å². The smallest absolute Gasteiger partial charge is 0.293 e. The summed E-state index contributed by atoms with van der Waals surface area (Å²) in [5.74, 6) is -1.49. The Kier molecular flexibility index (Phi) is 6.95. The van der Waals surface area contributed by atoms with Gasteiger partial charge in [-0.2, -0.15) is 0 Å². The van der Waals surface area contributed by atoms with E-state index in [9.17, 15) is 19.5 Å². The van der Waals surface area contributed by atoms with Crippen LogP contribution in [0.15, 0.2) is 53.4 Å². The predicted molar refractivity (Wildman–Crippen MR) is 109 cm³/mol. The lowest BCUT2D eigenvalue weighted by Gasteiger charge is -2.12. The molecule has 29 heavy (non-hydrogen) atoms. The second kappa shape index (κ2) is 9.62. The van der Waals surface area contributed by atoms with Gasteiger partial charge in [-0.3, -0.25) is 14.5 Å². The van der Waals surface area contributed by atoms with Crippen LogP contribution in [0.1, 0.15) is 17.5 Å². The standard InChI is InChI=1S/C21H18ClNO5S/c22-16-11-15(8-9-17(16)28-13-19(24)25)12-18-20(26)23(21(27)29-18)10-4-7-14-5-2-1-3-6-14/h1-3,5-6,8-9,11-12H,4,7,10,13H2,(H,24,25)/p-1/b18-12-. The number of carboxylic acid groups (broad SMARTS) is 1. The van der Waals surface area contributed by atoms with E-state index in [1.807, 2.05) is 30.3 Å². The molecule has 0 bridgehead atoms. The topological polar surface area (TPSA) is 86.7 Å². The van der Waals surface area contributed by atoms with E-state index < -0.39 is 12.6 Å². The second-order valence-electron chi connectivity index (χ2n) is 6.27. The Bertz CT molecular complexity index is 961. The third-order valence-corrected chi connectivity index (χ3v) is 5.37. The van der Waals surface area contributed by atoms with E-state index >= 15 is 0 Å². The van der Waals surface area contributed by atoms with Crippen LogP contribution in [0.3, 0.4) is 0 Å². The molecule has 0 N–H and O–H groups in total. The molecule has 2 aromatic rings. The van der Waals surface area contributed by atoms with Crippen molar-refractivity contribution in [3.63, 3.8) is 0 Å². The zero-order valence-electron chi connectivity index (χ0n) is 15.3. The number of halogens is 1. The summed E-state index contributed by atoms with van der Waals surface area (Å²) in [5.41, 5.74) is 1.76. The van der Waals surface area contributed by atoms with Crippen LogP contribution in [-0.4, -0.2) is 35.2 Å². The summed E-state index contributed by atoms with van der Waals surface area (Å²) in [6.07, 6.45) is 3.05. The SMILES string of the molecule is O=C([O-])COc1ccc(/C=C2\SC(=O)N(CCCc3ccccc3)C2=O)cc1Cl. The van der Waals surface area contributed by atoms with Gasteiger partial charge >= 0.3 is 0 Å². The van der Waals surface area contributed by atoms with Gasteiger partial charge in [-0.05, 0) is 53.9 Å². The van der Waals surface area contributed by atoms with Gasteiger partial charge in [-0.1, -0.05) is 48.0 Å². The van der Waals surface area contributed by atoms with Gasteiger partial charge in [-0.15, -0.1) is 0 Å². The van der Waals surface area contributed by atoms with Crippen molar-refractivity contribution in [1.29, 1.82) is 0 Å². The van der Waals surface area contributed by atoms with Crippen LogP contribution < -0.4 is 9.84 Å². The van der Waals surface area contributed by atoms with Crippen LogP contribution in [0, 0.1) is 0 Å². The van der Waals surface area contributed by atoms with Crippen molar-refractivity contribution in [3.05, 3.63) is 69.6 Å². The number of aryl methyl sites for hydroxylation is 1. The highest BCUT2D eigenvalue weighted by atomic mass is 35.5. The Labute approximate surface area is 177 Å². The van der Waals surface area contributed by atoms with Gasteiger partial charge in [0.05, 0.1) is 15.9 Å². The summed E-state index contributed by atoms with van der Waals surface area (Å²) in [7, 11) is 0. The van der Waals surface area contributed by atoms with Crippen LogP contribution in [0.4, 0.5) is 4.79 Å². The highest BCUT2D eigenvalue weighted by Crippen LogP contribution is 2.34. The normalized spacial score (nSPS) is 15.2.